The second kappa shape index (κ2) is 9.71. The van der Waals surface area contributed by atoms with Crippen LogP contribution in [0.3, 0.4) is 0 Å². The number of nitro groups is 1. The highest BCUT2D eigenvalue weighted by Gasteiger charge is 2.27. The molecule has 2 amide bonds. The lowest BCUT2D eigenvalue weighted by molar-refractivity contribution is -0.384. The maximum absolute atomic E-state index is 12.8. The molecular weight excluding hydrogens is 417 g/mol. The fourth-order valence-corrected chi connectivity index (χ4v) is 3.25. The molecule has 0 bridgehead atoms. The van der Waals surface area contributed by atoms with Gasteiger partial charge >= 0.3 is 0 Å². The highest BCUT2D eigenvalue weighted by Crippen LogP contribution is 2.25. The highest BCUT2D eigenvalue weighted by molar-refractivity contribution is 6.32. The summed E-state index contributed by atoms with van der Waals surface area (Å²) in [5, 5.41) is 17.0. The first kappa shape index (κ1) is 22.6. The Morgan fingerprint density at radius 1 is 1.00 bits per heavy atom. The van der Waals surface area contributed by atoms with E-state index in [1.165, 1.54) is 12.1 Å². The van der Waals surface area contributed by atoms with Gasteiger partial charge in [-0.3, -0.25) is 19.7 Å². The van der Waals surface area contributed by atoms with Crippen molar-refractivity contribution in [1.82, 2.24) is 10.6 Å². The predicted octanol–water partition coefficient (Wildman–Crippen LogP) is 4.53. The van der Waals surface area contributed by atoms with Gasteiger partial charge in [-0.1, -0.05) is 55.2 Å². The van der Waals surface area contributed by atoms with E-state index in [4.69, 9.17) is 23.2 Å². The molecule has 154 valence electrons. The van der Waals surface area contributed by atoms with Crippen molar-refractivity contribution in [2.75, 3.05) is 0 Å². The number of nitrogens with zero attached hydrogens (tertiary/aromatic N) is 1. The minimum absolute atomic E-state index is 0.0405. The van der Waals surface area contributed by atoms with E-state index in [-0.39, 0.29) is 34.1 Å². The van der Waals surface area contributed by atoms with Crippen molar-refractivity contribution in [3.05, 3.63) is 73.8 Å². The van der Waals surface area contributed by atoms with Crippen molar-refractivity contribution < 1.29 is 14.5 Å². The second-order valence-electron chi connectivity index (χ2n) is 6.87. The van der Waals surface area contributed by atoms with Gasteiger partial charge in [-0.15, -0.1) is 0 Å². The lowest BCUT2D eigenvalue weighted by atomic mass is 10.0. The number of rotatable bonds is 7. The molecule has 2 aromatic rings. The van der Waals surface area contributed by atoms with Gasteiger partial charge in [0.05, 0.1) is 11.0 Å². The van der Waals surface area contributed by atoms with Gasteiger partial charge in [0.1, 0.15) is 11.1 Å². The zero-order valence-corrected chi connectivity index (χ0v) is 17.6. The van der Waals surface area contributed by atoms with Crippen molar-refractivity contribution in [3.8, 4) is 0 Å². The third kappa shape index (κ3) is 5.68. The zero-order chi connectivity index (χ0) is 21.7. The smallest absolute Gasteiger partial charge is 0.288 e. The second-order valence-corrected chi connectivity index (χ2v) is 7.68. The van der Waals surface area contributed by atoms with E-state index >= 15 is 0 Å². The van der Waals surface area contributed by atoms with Crippen LogP contribution in [0.4, 0.5) is 5.69 Å². The van der Waals surface area contributed by atoms with Crippen molar-refractivity contribution in [2.24, 2.45) is 5.92 Å². The lowest BCUT2D eigenvalue weighted by Gasteiger charge is -2.24. The quantitative estimate of drug-likeness (QED) is 0.490. The van der Waals surface area contributed by atoms with E-state index in [1.807, 2.05) is 12.1 Å². The summed E-state index contributed by atoms with van der Waals surface area (Å²) in [7, 11) is 0. The molecule has 0 saturated heterocycles. The number of halogens is 2. The van der Waals surface area contributed by atoms with Gasteiger partial charge in [0.2, 0.25) is 5.91 Å². The van der Waals surface area contributed by atoms with Gasteiger partial charge in [0.25, 0.3) is 11.6 Å². The molecule has 0 spiro atoms. The Hall–Kier alpha value is -2.64. The molecule has 0 radical (unpaired) electrons. The summed E-state index contributed by atoms with van der Waals surface area (Å²) >= 11 is 12.0. The Bertz CT molecular complexity index is 934. The van der Waals surface area contributed by atoms with Crippen LogP contribution in [0.2, 0.25) is 10.0 Å². The van der Waals surface area contributed by atoms with Gasteiger partial charge in [0, 0.05) is 16.7 Å². The van der Waals surface area contributed by atoms with Crippen molar-refractivity contribution in [2.45, 2.75) is 32.9 Å². The van der Waals surface area contributed by atoms with Crippen molar-refractivity contribution in [3.63, 3.8) is 0 Å². The van der Waals surface area contributed by atoms with Crippen LogP contribution in [0.15, 0.2) is 42.5 Å². The lowest BCUT2D eigenvalue weighted by Crippen LogP contribution is -2.50. The standard InChI is InChI=1S/C20H21Cl2N3O4/c1-11(2)18(20(27)23-12(3)14-6-4-5-7-15(14)21)24-19(26)13-8-9-16(22)17(10-13)25(28)29/h4-12,18H,1-3H3,(H,23,27)(H,24,26). The average Bonchev–Trinajstić information content (AvgIpc) is 2.65. The maximum atomic E-state index is 12.8. The molecule has 0 aliphatic heterocycles. The number of carbonyl (C=O) groups is 2. The molecule has 0 aliphatic rings. The summed E-state index contributed by atoms with van der Waals surface area (Å²) < 4.78 is 0. The molecular formula is C20H21Cl2N3O4. The van der Waals surface area contributed by atoms with E-state index in [0.29, 0.717) is 5.02 Å². The third-order valence-electron chi connectivity index (χ3n) is 4.37. The fraction of sp³-hybridized carbons (Fsp3) is 0.300. The number of carbonyl (C=O) groups excluding carboxylic acids is 2. The largest absolute Gasteiger partial charge is 0.348 e. The van der Waals surface area contributed by atoms with Crippen LogP contribution in [-0.2, 0) is 4.79 Å². The first-order chi connectivity index (χ1) is 13.6. The minimum atomic E-state index is -0.845. The molecule has 9 heteroatoms. The summed E-state index contributed by atoms with van der Waals surface area (Å²) in [5.74, 6) is -1.21. The fourth-order valence-electron chi connectivity index (χ4n) is 2.76. The molecule has 0 heterocycles. The monoisotopic (exact) mass is 437 g/mol. The SMILES string of the molecule is CC(NC(=O)C(NC(=O)c1ccc(Cl)c([N+](=O)[O-])c1)C(C)C)c1ccccc1Cl. The Morgan fingerprint density at radius 2 is 1.66 bits per heavy atom. The summed E-state index contributed by atoms with van der Waals surface area (Å²) in [5.41, 5.74) is 0.417. The highest BCUT2D eigenvalue weighted by atomic mass is 35.5. The van der Waals surface area contributed by atoms with E-state index in [0.717, 1.165) is 11.6 Å². The van der Waals surface area contributed by atoms with Gasteiger partial charge in [0.15, 0.2) is 0 Å². The Labute approximate surface area is 178 Å². The van der Waals surface area contributed by atoms with Crippen LogP contribution in [-0.4, -0.2) is 22.8 Å². The molecule has 0 aromatic heterocycles. The normalized spacial score (nSPS) is 12.9. The topological polar surface area (TPSA) is 101 Å². The molecule has 0 saturated carbocycles. The maximum Gasteiger partial charge on any atom is 0.288 e. The Morgan fingerprint density at radius 3 is 2.24 bits per heavy atom. The average molecular weight is 438 g/mol. The van der Waals surface area contributed by atoms with E-state index in [1.54, 1.807) is 32.9 Å². The number of benzene rings is 2. The first-order valence-electron chi connectivity index (χ1n) is 8.91. The Kier molecular flexibility index (Phi) is 7.59. The van der Waals surface area contributed by atoms with Crippen LogP contribution in [0, 0.1) is 16.0 Å². The summed E-state index contributed by atoms with van der Waals surface area (Å²) in [6, 6.07) is 9.66. The third-order valence-corrected chi connectivity index (χ3v) is 5.04. The molecule has 2 unspecified atom stereocenters. The molecule has 2 N–H and O–H groups in total. The van der Waals surface area contributed by atoms with Crippen LogP contribution in [0.25, 0.3) is 0 Å². The molecule has 2 rings (SSSR count). The number of nitro benzene ring substituents is 1. The van der Waals surface area contributed by atoms with Crippen LogP contribution in [0.1, 0.15) is 42.7 Å². The van der Waals surface area contributed by atoms with Gasteiger partial charge < -0.3 is 10.6 Å². The Balaban J connectivity index is 2.16. The number of hydrogen-bond donors (Lipinski definition) is 2. The minimum Gasteiger partial charge on any atom is -0.348 e. The van der Waals surface area contributed by atoms with Crippen molar-refractivity contribution in [1.29, 1.82) is 0 Å². The molecule has 2 atom stereocenters. The number of hydrogen-bond acceptors (Lipinski definition) is 4. The van der Waals surface area contributed by atoms with Gasteiger partial charge in [-0.2, -0.15) is 0 Å². The number of nitrogens with one attached hydrogen (secondary N) is 2. The molecule has 7 nitrogen and oxygen atoms in total. The first-order valence-corrected chi connectivity index (χ1v) is 9.67. The summed E-state index contributed by atoms with van der Waals surface area (Å²) in [6.07, 6.45) is 0. The van der Waals surface area contributed by atoms with Crippen LogP contribution >= 0.6 is 23.2 Å². The molecule has 29 heavy (non-hydrogen) atoms. The van der Waals surface area contributed by atoms with Crippen molar-refractivity contribution >= 4 is 40.7 Å². The van der Waals surface area contributed by atoms with E-state index in [2.05, 4.69) is 10.6 Å². The van der Waals surface area contributed by atoms with Crippen LogP contribution in [0.5, 0.6) is 0 Å². The number of amides is 2. The summed E-state index contributed by atoms with van der Waals surface area (Å²) in [6.45, 7) is 5.37. The molecule has 2 aromatic carbocycles. The van der Waals surface area contributed by atoms with E-state index < -0.39 is 16.9 Å². The zero-order valence-electron chi connectivity index (χ0n) is 16.1. The van der Waals surface area contributed by atoms with E-state index in [9.17, 15) is 19.7 Å². The van der Waals surface area contributed by atoms with Gasteiger partial charge in [-0.05, 0) is 36.6 Å². The molecule has 0 fully saturated rings. The predicted molar refractivity (Wildman–Crippen MR) is 112 cm³/mol. The summed E-state index contributed by atoms with van der Waals surface area (Å²) in [4.78, 5) is 35.7. The van der Waals surface area contributed by atoms with Crippen LogP contribution < -0.4 is 10.6 Å². The molecule has 0 aliphatic carbocycles. The van der Waals surface area contributed by atoms with Gasteiger partial charge in [-0.25, -0.2) is 0 Å².